The monoisotopic (exact) mass is 354 g/mol. The number of hydrogen-bond donors (Lipinski definition) is 1. The molecule has 1 unspecified atom stereocenters. The Morgan fingerprint density at radius 1 is 1.38 bits per heavy atom. The number of benzene rings is 1. The molecule has 2 aromatic rings. The summed E-state index contributed by atoms with van der Waals surface area (Å²) in [5.41, 5.74) is 1.47. The molecule has 1 aromatic heterocycles. The molecule has 1 aliphatic heterocycles. The fourth-order valence-corrected chi connectivity index (χ4v) is 3.16. The highest BCUT2D eigenvalue weighted by atomic mass is 79.9. The Labute approximate surface area is 132 Å². The molecule has 3 rings (SSSR count). The maximum atomic E-state index is 9.32. The maximum absolute atomic E-state index is 9.32. The normalized spacial score (nSPS) is 19.0. The molecular weight excluding hydrogens is 336 g/mol. The fraction of sp³-hybridized carbons (Fsp3) is 0.500. The van der Waals surface area contributed by atoms with E-state index in [4.69, 9.17) is 13.9 Å². The van der Waals surface area contributed by atoms with E-state index in [2.05, 4.69) is 15.9 Å². The molecule has 0 spiro atoms. The lowest BCUT2D eigenvalue weighted by atomic mass is 9.99. The van der Waals surface area contributed by atoms with Gasteiger partial charge < -0.3 is 19.0 Å². The van der Waals surface area contributed by atoms with Gasteiger partial charge in [0.1, 0.15) is 0 Å². The van der Waals surface area contributed by atoms with Crippen molar-refractivity contribution in [3.05, 3.63) is 28.4 Å². The molecule has 0 aliphatic carbocycles. The molecule has 114 valence electrons. The lowest BCUT2D eigenvalue weighted by molar-refractivity contribution is 0.0462. The van der Waals surface area contributed by atoms with Crippen molar-refractivity contribution in [3.8, 4) is 5.75 Å². The number of aliphatic hydroxyl groups is 1. The van der Waals surface area contributed by atoms with Crippen LogP contribution in [0.15, 0.2) is 27.3 Å². The minimum atomic E-state index is -0.0394. The number of aliphatic hydroxyl groups excluding tert-OH is 1. The molecule has 1 aromatic carbocycles. The molecule has 0 amide bonds. The predicted molar refractivity (Wildman–Crippen MR) is 83.5 cm³/mol. The van der Waals surface area contributed by atoms with E-state index in [-0.39, 0.29) is 6.61 Å². The quantitative estimate of drug-likeness (QED) is 0.884. The van der Waals surface area contributed by atoms with Crippen LogP contribution in [0.1, 0.15) is 24.8 Å². The Morgan fingerprint density at radius 3 is 3.05 bits per heavy atom. The Hall–Kier alpha value is -1.04. The third-order valence-corrected chi connectivity index (χ3v) is 4.35. The smallest absolute Gasteiger partial charge is 0.176 e. The van der Waals surface area contributed by atoms with E-state index in [1.165, 1.54) is 6.42 Å². The highest BCUT2D eigenvalue weighted by Crippen LogP contribution is 2.34. The fourth-order valence-electron chi connectivity index (χ4n) is 2.72. The second-order valence-electron chi connectivity index (χ2n) is 5.42. The van der Waals surface area contributed by atoms with Gasteiger partial charge in [-0.05, 0) is 37.3 Å². The summed E-state index contributed by atoms with van der Waals surface area (Å²) in [7, 11) is 0. The molecule has 1 N–H and O–H groups in total. The number of furan rings is 1. The number of hydrogen-bond acceptors (Lipinski definition) is 4. The van der Waals surface area contributed by atoms with Gasteiger partial charge in [-0.3, -0.25) is 0 Å². The summed E-state index contributed by atoms with van der Waals surface area (Å²) >= 11 is 3.48. The van der Waals surface area contributed by atoms with Crippen LogP contribution in [0, 0.1) is 5.92 Å². The van der Waals surface area contributed by atoms with Crippen LogP contribution in [-0.4, -0.2) is 24.9 Å². The van der Waals surface area contributed by atoms with Gasteiger partial charge in [-0.25, -0.2) is 0 Å². The molecule has 0 saturated carbocycles. The predicted octanol–water partition coefficient (Wildman–Crippen LogP) is 3.88. The van der Waals surface area contributed by atoms with Gasteiger partial charge in [0.05, 0.1) is 19.5 Å². The average molecular weight is 355 g/mol. The Kier molecular flexibility index (Phi) is 4.83. The first kappa shape index (κ1) is 14.9. The SMILES string of the molecule is OCc1coc2c(OCCC3CCCOC3)cc(Br)cc12. The summed E-state index contributed by atoms with van der Waals surface area (Å²) in [4.78, 5) is 0. The van der Waals surface area contributed by atoms with Crippen molar-refractivity contribution in [2.75, 3.05) is 19.8 Å². The highest BCUT2D eigenvalue weighted by molar-refractivity contribution is 9.10. The van der Waals surface area contributed by atoms with Crippen LogP contribution < -0.4 is 4.74 Å². The van der Waals surface area contributed by atoms with Gasteiger partial charge >= 0.3 is 0 Å². The van der Waals surface area contributed by atoms with Crippen molar-refractivity contribution in [1.29, 1.82) is 0 Å². The molecule has 5 heteroatoms. The molecule has 0 bridgehead atoms. The maximum Gasteiger partial charge on any atom is 0.176 e. The molecule has 1 fully saturated rings. The van der Waals surface area contributed by atoms with Gasteiger partial charge in [0, 0.05) is 28.6 Å². The third-order valence-electron chi connectivity index (χ3n) is 3.89. The van der Waals surface area contributed by atoms with Gasteiger partial charge in [0.25, 0.3) is 0 Å². The average Bonchev–Trinajstić information content (AvgIpc) is 2.91. The summed E-state index contributed by atoms with van der Waals surface area (Å²) < 4.78 is 17.8. The minimum absolute atomic E-state index is 0.0394. The van der Waals surface area contributed by atoms with Crippen molar-refractivity contribution in [3.63, 3.8) is 0 Å². The number of ether oxygens (including phenoxy) is 2. The van der Waals surface area contributed by atoms with E-state index in [0.29, 0.717) is 18.1 Å². The first-order chi connectivity index (χ1) is 10.3. The van der Waals surface area contributed by atoms with E-state index in [9.17, 15) is 5.11 Å². The van der Waals surface area contributed by atoms with Crippen LogP contribution in [0.2, 0.25) is 0 Å². The van der Waals surface area contributed by atoms with Crippen LogP contribution in [0.3, 0.4) is 0 Å². The zero-order valence-electron chi connectivity index (χ0n) is 11.8. The zero-order valence-corrected chi connectivity index (χ0v) is 13.4. The molecule has 1 saturated heterocycles. The molecule has 1 aliphatic rings. The van der Waals surface area contributed by atoms with E-state index >= 15 is 0 Å². The second-order valence-corrected chi connectivity index (χ2v) is 6.34. The van der Waals surface area contributed by atoms with Gasteiger partial charge in [-0.15, -0.1) is 0 Å². The van der Waals surface area contributed by atoms with E-state index < -0.39 is 0 Å². The largest absolute Gasteiger partial charge is 0.490 e. The van der Waals surface area contributed by atoms with Crippen LogP contribution in [0.25, 0.3) is 11.0 Å². The first-order valence-electron chi connectivity index (χ1n) is 7.29. The molecule has 0 radical (unpaired) electrons. The summed E-state index contributed by atoms with van der Waals surface area (Å²) in [5, 5.41) is 10.2. The van der Waals surface area contributed by atoms with Crippen molar-refractivity contribution >= 4 is 26.9 Å². The van der Waals surface area contributed by atoms with Crippen molar-refractivity contribution in [1.82, 2.24) is 0 Å². The Balaban J connectivity index is 1.69. The standard InChI is InChI=1S/C16H19BrO4/c17-13-6-14-12(8-18)10-21-16(14)15(7-13)20-5-3-11-2-1-4-19-9-11/h6-7,10-11,18H,1-5,8-9H2. The summed E-state index contributed by atoms with van der Waals surface area (Å²) in [6, 6.07) is 3.84. The molecule has 21 heavy (non-hydrogen) atoms. The second kappa shape index (κ2) is 6.81. The first-order valence-corrected chi connectivity index (χ1v) is 8.08. The van der Waals surface area contributed by atoms with Crippen LogP contribution in [-0.2, 0) is 11.3 Å². The highest BCUT2D eigenvalue weighted by Gasteiger charge is 2.15. The number of rotatable bonds is 5. The number of fused-ring (bicyclic) bond motifs is 1. The van der Waals surface area contributed by atoms with Gasteiger partial charge in [0.2, 0.25) is 0 Å². The van der Waals surface area contributed by atoms with Gasteiger partial charge in [-0.1, -0.05) is 15.9 Å². The zero-order chi connectivity index (χ0) is 14.7. The van der Waals surface area contributed by atoms with E-state index in [1.807, 2.05) is 12.1 Å². The van der Waals surface area contributed by atoms with E-state index in [0.717, 1.165) is 47.2 Å². The van der Waals surface area contributed by atoms with Crippen LogP contribution in [0.5, 0.6) is 5.75 Å². The molecule has 4 nitrogen and oxygen atoms in total. The summed E-state index contributed by atoms with van der Waals surface area (Å²) in [6.07, 6.45) is 4.93. The van der Waals surface area contributed by atoms with E-state index in [1.54, 1.807) is 6.26 Å². The van der Waals surface area contributed by atoms with Crippen molar-refractivity contribution in [2.24, 2.45) is 5.92 Å². The van der Waals surface area contributed by atoms with Crippen LogP contribution in [0.4, 0.5) is 0 Å². The third kappa shape index (κ3) is 3.42. The molecule has 2 heterocycles. The Bertz CT molecular complexity index is 602. The number of halogens is 1. The van der Waals surface area contributed by atoms with Gasteiger partial charge in [0.15, 0.2) is 11.3 Å². The van der Waals surface area contributed by atoms with Gasteiger partial charge in [-0.2, -0.15) is 0 Å². The van der Waals surface area contributed by atoms with Crippen molar-refractivity contribution < 1.29 is 19.0 Å². The lowest BCUT2D eigenvalue weighted by Crippen LogP contribution is -2.19. The molecular formula is C16H19BrO4. The molecule has 1 atom stereocenters. The Morgan fingerprint density at radius 2 is 2.29 bits per heavy atom. The van der Waals surface area contributed by atoms with Crippen LogP contribution >= 0.6 is 15.9 Å². The topological polar surface area (TPSA) is 51.8 Å². The summed E-state index contributed by atoms with van der Waals surface area (Å²) in [5.74, 6) is 1.31. The summed E-state index contributed by atoms with van der Waals surface area (Å²) in [6.45, 7) is 2.34. The minimum Gasteiger partial charge on any atom is -0.490 e. The van der Waals surface area contributed by atoms with Crippen molar-refractivity contribution in [2.45, 2.75) is 25.9 Å². The lowest BCUT2D eigenvalue weighted by Gasteiger charge is -2.21.